The second-order valence-corrected chi connectivity index (χ2v) is 2.47. The fourth-order valence-electron chi connectivity index (χ4n) is 0.795. The molecule has 0 amide bonds. The molecule has 0 aromatic carbocycles. The first-order valence-corrected chi connectivity index (χ1v) is 3.75. The topological polar surface area (TPSA) is 57.4 Å². The molecule has 2 N–H and O–H groups in total. The van der Waals surface area contributed by atoms with Gasteiger partial charge in [0.1, 0.15) is 0 Å². The van der Waals surface area contributed by atoms with Gasteiger partial charge >= 0.3 is 0 Å². The van der Waals surface area contributed by atoms with E-state index in [-0.39, 0.29) is 5.69 Å². The van der Waals surface area contributed by atoms with Gasteiger partial charge < -0.3 is 15.2 Å². The number of halogens is 3. The fraction of sp³-hybridized carbons (Fsp3) is 0.375. The van der Waals surface area contributed by atoms with E-state index in [4.69, 9.17) is 9.85 Å². The number of anilines is 1. The van der Waals surface area contributed by atoms with Gasteiger partial charge in [-0.3, -0.25) is 0 Å². The molecular formula is C8H9F3N2O2. The number of alkyl halides is 2. The van der Waals surface area contributed by atoms with Crippen molar-refractivity contribution >= 4 is 5.69 Å². The Balaban J connectivity index is 2.95. The second-order valence-electron chi connectivity index (χ2n) is 2.47. The molecule has 0 saturated carbocycles. The third-order valence-corrected chi connectivity index (χ3v) is 1.38. The first-order valence-electron chi connectivity index (χ1n) is 5.25. The van der Waals surface area contributed by atoms with E-state index in [0.29, 0.717) is 6.07 Å². The van der Waals surface area contributed by atoms with E-state index < -0.39 is 37.6 Å². The van der Waals surface area contributed by atoms with E-state index in [1.165, 1.54) is 0 Å². The summed E-state index contributed by atoms with van der Waals surface area (Å²) in [5, 5.41) is 0. The molecule has 4 nitrogen and oxygen atoms in total. The van der Waals surface area contributed by atoms with Crippen LogP contribution in [0.15, 0.2) is 6.07 Å². The molecule has 0 aliphatic rings. The number of rotatable bonds is 4. The van der Waals surface area contributed by atoms with Crippen molar-refractivity contribution in [3.05, 3.63) is 11.9 Å². The lowest BCUT2D eigenvalue weighted by atomic mass is 10.4. The van der Waals surface area contributed by atoms with Crippen molar-refractivity contribution < 1.29 is 26.8 Å². The van der Waals surface area contributed by atoms with Gasteiger partial charge in [0.2, 0.25) is 5.88 Å². The zero-order valence-corrected chi connectivity index (χ0v) is 7.34. The van der Waals surface area contributed by atoms with Crippen LogP contribution in [-0.2, 0) is 0 Å². The first-order chi connectivity index (χ1) is 8.19. The van der Waals surface area contributed by atoms with E-state index in [0.717, 1.165) is 0 Å². The van der Waals surface area contributed by atoms with Gasteiger partial charge in [0.05, 0.1) is 16.8 Å². The molecule has 1 rings (SSSR count). The van der Waals surface area contributed by atoms with E-state index in [2.05, 4.69) is 14.5 Å². The third kappa shape index (κ3) is 2.90. The smallest absolute Gasteiger partial charge is 0.272 e. The number of methoxy groups -OCH3 is 1. The van der Waals surface area contributed by atoms with Gasteiger partial charge in [-0.2, -0.15) is 4.98 Å². The van der Waals surface area contributed by atoms with Crippen LogP contribution in [0.4, 0.5) is 18.9 Å². The number of hydrogen-bond acceptors (Lipinski definition) is 4. The summed E-state index contributed by atoms with van der Waals surface area (Å²) in [6.07, 6.45) is -2.82. The predicted octanol–water partition coefficient (Wildman–Crippen LogP) is 1.46. The van der Waals surface area contributed by atoms with Gasteiger partial charge in [-0.05, 0) is 0 Å². The molecule has 84 valence electrons. The van der Waals surface area contributed by atoms with Crippen molar-refractivity contribution in [1.82, 2.24) is 4.98 Å². The standard InChI is InChI=1S/C8H9F3N2O2/c1-14-8-5(12)2-4(9)7(13-8)15-3-6(10)11/h2,6H,3,12H2,1H3/i1D3. The lowest BCUT2D eigenvalue weighted by Gasteiger charge is -2.08. The van der Waals surface area contributed by atoms with E-state index in [1.807, 2.05) is 0 Å². The highest BCUT2D eigenvalue weighted by molar-refractivity contribution is 5.49. The Morgan fingerprint density at radius 3 is 2.93 bits per heavy atom. The Hall–Kier alpha value is -1.66. The summed E-state index contributed by atoms with van der Waals surface area (Å²) in [5.41, 5.74) is 4.89. The quantitative estimate of drug-likeness (QED) is 0.842. The summed E-state index contributed by atoms with van der Waals surface area (Å²) in [7, 11) is -2.85. The highest BCUT2D eigenvalue weighted by Crippen LogP contribution is 2.25. The maximum absolute atomic E-state index is 13.2. The van der Waals surface area contributed by atoms with Crippen LogP contribution in [0.2, 0.25) is 0 Å². The molecule has 0 fully saturated rings. The van der Waals surface area contributed by atoms with Gasteiger partial charge in [0.25, 0.3) is 12.3 Å². The van der Waals surface area contributed by atoms with Crippen LogP contribution >= 0.6 is 0 Å². The van der Waals surface area contributed by atoms with Crippen molar-refractivity contribution in [3.8, 4) is 11.8 Å². The van der Waals surface area contributed by atoms with Crippen LogP contribution in [-0.4, -0.2) is 25.1 Å². The first kappa shape index (κ1) is 7.61. The van der Waals surface area contributed by atoms with Crippen LogP contribution in [0, 0.1) is 5.82 Å². The van der Waals surface area contributed by atoms with Crippen LogP contribution in [0.25, 0.3) is 0 Å². The zero-order chi connectivity index (χ0) is 13.9. The summed E-state index contributed by atoms with van der Waals surface area (Å²) >= 11 is 0. The van der Waals surface area contributed by atoms with Gasteiger partial charge in [0.15, 0.2) is 12.4 Å². The lowest BCUT2D eigenvalue weighted by Crippen LogP contribution is -2.10. The van der Waals surface area contributed by atoms with Crippen LogP contribution in [0.3, 0.4) is 0 Å². The highest BCUT2D eigenvalue weighted by Gasteiger charge is 2.13. The number of pyridine rings is 1. The predicted molar refractivity (Wildman–Crippen MR) is 46.7 cm³/mol. The zero-order valence-electron chi connectivity index (χ0n) is 10.3. The van der Waals surface area contributed by atoms with E-state index >= 15 is 0 Å². The Morgan fingerprint density at radius 1 is 1.60 bits per heavy atom. The van der Waals surface area contributed by atoms with Crippen LogP contribution < -0.4 is 15.2 Å². The number of nitrogens with zero attached hydrogens (tertiary/aromatic N) is 1. The average Bonchev–Trinajstić information content (AvgIpc) is 2.18. The highest BCUT2D eigenvalue weighted by atomic mass is 19.3. The monoisotopic (exact) mass is 225 g/mol. The van der Waals surface area contributed by atoms with E-state index in [9.17, 15) is 13.2 Å². The molecular weight excluding hydrogens is 213 g/mol. The van der Waals surface area contributed by atoms with Crippen LogP contribution in [0.1, 0.15) is 4.11 Å². The van der Waals surface area contributed by atoms with Gasteiger partial charge in [-0.25, -0.2) is 13.2 Å². The molecule has 7 heteroatoms. The molecule has 0 atom stereocenters. The van der Waals surface area contributed by atoms with Gasteiger partial charge in [-0.1, -0.05) is 0 Å². The van der Waals surface area contributed by atoms with E-state index in [1.54, 1.807) is 0 Å². The molecule has 15 heavy (non-hydrogen) atoms. The molecule has 0 bridgehead atoms. The minimum absolute atomic E-state index is 0.381. The SMILES string of the molecule is [2H]C([2H])([2H])Oc1nc(OCC(F)F)c(F)cc1N. The maximum Gasteiger partial charge on any atom is 0.272 e. The van der Waals surface area contributed by atoms with Gasteiger partial charge in [0, 0.05) is 6.07 Å². The third-order valence-electron chi connectivity index (χ3n) is 1.38. The maximum atomic E-state index is 13.2. The number of nitrogens with two attached hydrogens (primary N) is 1. The van der Waals surface area contributed by atoms with Crippen molar-refractivity contribution in [1.29, 1.82) is 0 Å². The Labute approximate surface area is 88.0 Å². The molecule has 0 saturated heterocycles. The molecule has 0 aliphatic carbocycles. The summed E-state index contributed by atoms with van der Waals surface area (Å²) in [6, 6.07) is 0.675. The molecule has 0 radical (unpaired) electrons. The number of aromatic nitrogens is 1. The summed E-state index contributed by atoms with van der Waals surface area (Å²) in [6.45, 7) is -1.08. The minimum atomic E-state index is -2.85. The minimum Gasteiger partial charge on any atom is -0.479 e. The summed E-state index contributed by atoms with van der Waals surface area (Å²) < 4.78 is 66.2. The molecule has 1 aromatic rings. The second kappa shape index (κ2) is 4.72. The Morgan fingerprint density at radius 2 is 2.33 bits per heavy atom. The fourth-order valence-corrected chi connectivity index (χ4v) is 0.795. The van der Waals surface area contributed by atoms with Crippen molar-refractivity contribution in [2.45, 2.75) is 6.43 Å². The van der Waals surface area contributed by atoms with Crippen molar-refractivity contribution in [3.63, 3.8) is 0 Å². The number of nitrogen functional groups attached to an aromatic ring is 1. The van der Waals surface area contributed by atoms with Crippen molar-refractivity contribution in [2.24, 2.45) is 0 Å². The largest absolute Gasteiger partial charge is 0.479 e. The molecule has 1 aromatic heterocycles. The number of ether oxygens (including phenoxy) is 2. The molecule has 0 aliphatic heterocycles. The normalized spacial score (nSPS) is 14.3. The molecule has 1 heterocycles. The Kier molecular flexibility index (Phi) is 2.39. The lowest BCUT2D eigenvalue weighted by molar-refractivity contribution is 0.0770. The molecule has 0 unspecified atom stereocenters. The number of hydrogen-bond donors (Lipinski definition) is 1. The van der Waals surface area contributed by atoms with Gasteiger partial charge in [-0.15, -0.1) is 0 Å². The van der Waals surface area contributed by atoms with Crippen LogP contribution in [0.5, 0.6) is 11.8 Å². The average molecular weight is 225 g/mol. The summed E-state index contributed by atoms with van der Waals surface area (Å²) in [4.78, 5) is 3.29. The Bertz CT molecular complexity index is 429. The summed E-state index contributed by atoms with van der Waals surface area (Å²) in [5.74, 6) is -2.50. The molecule has 0 spiro atoms. The van der Waals surface area contributed by atoms with Crippen molar-refractivity contribution in [2.75, 3.05) is 19.4 Å².